The molecule has 0 fully saturated rings. The molecule has 2 aliphatic rings. The molecule has 166 valence electrons. The number of ether oxygens (including phenoxy) is 1. The van der Waals surface area contributed by atoms with E-state index >= 15 is 0 Å². The van der Waals surface area contributed by atoms with E-state index in [1.165, 1.54) is 5.56 Å². The molecule has 0 amide bonds. The van der Waals surface area contributed by atoms with Crippen LogP contribution in [0, 0.1) is 0 Å². The molecule has 2 aromatic heterocycles. The van der Waals surface area contributed by atoms with Crippen molar-refractivity contribution in [2.45, 2.75) is 65.3 Å². The molecule has 0 saturated heterocycles. The number of hydrogen-bond donors (Lipinski definition) is 2. The number of nitrogens with zero attached hydrogens (tertiary/aromatic N) is 2. The highest BCUT2D eigenvalue weighted by molar-refractivity contribution is 5.97. The first-order valence-corrected chi connectivity index (χ1v) is 11.2. The van der Waals surface area contributed by atoms with Crippen molar-refractivity contribution in [1.82, 2.24) is 9.55 Å². The van der Waals surface area contributed by atoms with Crippen LogP contribution in [-0.4, -0.2) is 26.7 Å². The molecule has 2 N–H and O–H groups in total. The number of aryl methyl sites for hydroxylation is 1. The van der Waals surface area contributed by atoms with E-state index in [9.17, 15) is 14.7 Å². The molecular weight excluding hydrogens is 406 g/mol. The van der Waals surface area contributed by atoms with Crippen molar-refractivity contribution in [3.05, 3.63) is 56.9 Å². The number of carbonyl (C=O) groups excluding carboxylic acids is 1. The van der Waals surface area contributed by atoms with E-state index < -0.39 is 11.6 Å². The van der Waals surface area contributed by atoms with E-state index in [4.69, 9.17) is 9.72 Å². The van der Waals surface area contributed by atoms with E-state index in [0.29, 0.717) is 29.1 Å². The fraction of sp³-hybridized carbons (Fsp3) is 0.400. The lowest BCUT2D eigenvalue weighted by molar-refractivity contribution is -0.172. The Kier molecular flexibility index (Phi) is 4.64. The number of cyclic esters (lactones) is 1. The second kappa shape index (κ2) is 7.17. The number of esters is 1. The summed E-state index contributed by atoms with van der Waals surface area (Å²) in [6.07, 6.45) is 1.05. The van der Waals surface area contributed by atoms with Gasteiger partial charge in [0.1, 0.15) is 6.61 Å². The average Bonchev–Trinajstić information content (AvgIpc) is 3.15. The van der Waals surface area contributed by atoms with Gasteiger partial charge >= 0.3 is 5.97 Å². The van der Waals surface area contributed by atoms with Crippen LogP contribution in [0.2, 0.25) is 0 Å². The molecule has 0 spiro atoms. The molecule has 7 nitrogen and oxygen atoms in total. The normalized spacial score (nSPS) is 19.0. The van der Waals surface area contributed by atoms with Gasteiger partial charge in [0, 0.05) is 22.6 Å². The Morgan fingerprint density at radius 1 is 1.22 bits per heavy atom. The molecule has 2 aliphatic heterocycles. The van der Waals surface area contributed by atoms with Gasteiger partial charge in [-0.2, -0.15) is 0 Å². The minimum atomic E-state index is -1.82. The van der Waals surface area contributed by atoms with Crippen molar-refractivity contribution < 1.29 is 14.6 Å². The molecule has 4 heterocycles. The van der Waals surface area contributed by atoms with Crippen molar-refractivity contribution in [1.29, 1.82) is 0 Å². The predicted octanol–water partition coefficient (Wildman–Crippen LogP) is 3.46. The molecule has 0 bridgehead atoms. The molecule has 7 heteroatoms. The Bertz CT molecular complexity index is 1340. The van der Waals surface area contributed by atoms with Crippen LogP contribution in [0.3, 0.4) is 0 Å². The first-order chi connectivity index (χ1) is 15.3. The van der Waals surface area contributed by atoms with Gasteiger partial charge in [-0.05, 0) is 50.5 Å². The zero-order valence-electron chi connectivity index (χ0n) is 18.8. The number of fused-ring (bicyclic) bond motifs is 5. The molecule has 32 heavy (non-hydrogen) atoms. The number of carbonyl (C=O) groups is 1. The number of aliphatic hydroxyl groups is 1. The summed E-state index contributed by atoms with van der Waals surface area (Å²) in [5.74, 6) is -0.712. The van der Waals surface area contributed by atoms with Crippen LogP contribution in [0.15, 0.2) is 29.1 Å². The molecule has 0 aliphatic carbocycles. The van der Waals surface area contributed by atoms with Gasteiger partial charge in [0.05, 0.1) is 34.7 Å². The minimum Gasteiger partial charge on any atom is -0.458 e. The summed E-state index contributed by atoms with van der Waals surface area (Å²) in [7, 11) is 0. The van der Waals surface area contributed by atoms with Gasteiger partial charge in [-0.15, -0.1) is 0 Å². The van der Waals surface area contributed by atoms with Crippen LogP contribution in [0.1, 0.15) is 56.4 Å². The third-order valence-corrected chi connectivity index (χ3v) is 6.59. The monoisotopic (exact) mass is 433 g/mol. The van der Waals surface area contributed by atoms with Gasteiger partial charge in [-0.25, -0.2) is 9.78 Å². The molecule has 1 aromatic carbocycles. The SMILES string of the molecule is CCc1ccc2nc3c(c(NC(C)C)c2c1)Cn1c-3cc2c(c1=O)COC(=O)[C@]2(O)CC. The Morgan fingerprint density at radius 3 is 2.69 bits per heavy atom. The molecule has 5 rings (SSSR count). The second-order valence-electron chi connectivity index (χ2n) is 8.92. The van der Waals surface area contributed by atoms with Crippen molar-refractivity contribution >= 4 is 22.6 Å². The van der Waals surface area contributed by atoms with Gasteiger partial charge in [-0.3, -0.25) is 4.79 Å². The quantitative estimate of drug-likeness (QED) is 0.479. The predicted molar refractivity (Wildman–Crippen MR) is 123 cm³/mol. The highest BCUT2D eigenvalue weighted by Gasteiger charge is 2.45. The summed E-state index contributed by atoms with van der Waals surface area (Å²) < 4.78 is 6.84. The fourth-order valence-electron chi connectivity index (χ4n) is 4.80. The third-order valence-electron chi connectivity index (χ3n) is 6.59. The summed E-state index contributed by atoms with van der Waals surface area (Å²) in [6.45, 7) is 8.24. The Labute approximate surface area is 186 Å². The molecule has 3 aromatic rings. The van der Waals surface area contributed by atoms with Gasteiger partial charge in [0.15, 0.2) is 5.60 Å². The topological polar surface area (TPSA) is 93.5 Å². The number of pyridine rings is 2. The number of aromatic nitrogens is 2. The Hall–Kier alpha value is -3.19. The van der Waals surface area contributed by atoms with Gasteiger partial charge in [-0.1, -0.05) is 19.9 Å². The van der Waals surface area contributed by atoms with E-state index in [-0.39, 0.29) is 24.6 Å². The van der Waals surface area contributed by atoms with Gasteiger partial charge in [0.2, 0.25) is 0 Å². The van der Waals surface area contributed by atoms with Crippen molar-refractivity contribution in [3.63, 3.8) is 0 Å². The summed E-state index contributed by atoms with van der Waals surface area (Å²) in [4.78, 5) is 30.7. The number of nitrogens with one attached hydrogen (secondary N) is 1. The Morgan fingerprint density at radius 2 is 2.00 bits per heavy atom. The average molecular weight is 434 g/mol. The summed E-state index contributed by atoms with van der Waals surface area (Å²) in [5, 5.41) is 15.7. The first-order valence-electron chi connectivity index (χ1n) is 11.2. The fourth-order valence-corrected chi connectivity index (χ4v) is 4.80. The highest BCUT2D eigenvalue weighted by Crippen LogP contribution is 2.42. The maximum Gasteiger partial charge on any atom is 0.343 e. The Balaban J connectivity index is 1.81. The van der Waals surface area contributed by atoms with Crippen molar-refractivity contribution in [2.75, 3.05) is 5.32 Å². The minimum absolute atomic E-state index is 0.125. The zero-order valence-corrected chi connectivity index (χ0v) is 18.8. The lowest BCUT2D eigenvalue weighted by Crippen LogP contribution is -2.44. The zero-order chi connectivity index (χ0) is 22.8. The molecule has 0 saturated carbocycles. The van der Waals surface area contributed by atoms with Crippen LogP contribution < -0.4 is 10.9 Å². The van der Waals surface area contributed by atoms with Crippen LogP contribution >= 0.6 is 0 Å². The number of hydrogen-bond acceptors (Lipinski definition) is 6. The second-order valence-corrected chi connectivity index (χ2v) is 8.92. The molecule has 0 radical (unpaired) electrons. The van der Waals surface area contributed by atoms with E-state index in [1.54, 1.807) is 17.6 Å². The van der Waals surface area contributed by atoms with Crippen molar-refractivity contribution in [3.8, 4) is 11.4 Å². The highest BCUT2D eigenvalue weighted by atomic mass is 16.6. The lowest BCUT2D eigenvalue weighted by Gasteiger charge is -2.31. The van der Waals surface area contributed by atoms with Crippen LogP contribution in [0.5, 0.6) is 0 Å². The summed E-state index contributed by atoms with van der Waals surface area (Å²) in [5.41, 5.74) is 3.93. The standard InChI is InChI=1S/C25H27N3O4/c1-5-14-7-8-19-15(9-14)21(26-13(3)4)16-11-28-20(22(16)27-19)10-18-17(23(28)29)12-32-24(30)25(18,31)6-2/h7-10,13,31H,5-6,11-12H2,1-4H3,(H,26,27)/t25-/m0/s1. The molecule has 0 unspecified atom stereocenters. The van der Waals surface area contributed by atoms with Crippen LogP contribution in [-0.2, 0) is 34.7 Å². The largest absolute Gasteiger partial charge is 0.458 e. The van der Waals surface area contributed by atoms with E-state index in [2.05, 4.69) is 38.2 Å². The van der Waals surface area contributed by atoms with Crippen LogP contribution in [0.4, 0.5) is 5.69 Å². The summed E-state index contributed by atoms with van der Waals surface area (Å²) in [6, 6.07) is 8.19. The van der Waals surface area contributed by atoms with Crippen molar-refractivity contribution in [2.24, 2.45) is 0 Å². The number of anilines is 1. The van der Waals surface area contributed by atoms with E-state index in [1.807, 2.05) is 6.07 Å². The number of rotatable bonds is 4. The third kappa shape index (κ3) is 2.80. The molecule has 1 atom stereocenters. The van der Waals surface area contributed by atoms with Crippen LogP contribution in [0.25, 0.3) is 22.3 Å². The summed E-state index contributed by atoms with van der Waals surface area (Å²) >= 11 is 0. The van der Waals surface area contributed by atoms with E-state index in [0.717, 1.165) is 28.6 Å². The maximum atomic E-state index is 13.4. The lowest BCUT2D eigenvalue weighted by atomic mass is 9.86. The van der Waals surface area contributed by atoms with Gasteiger partial charge in [0.25, 0.3) is 5.56 Å². The maximum absolute atomic E-state index is 13.4. The van der Waals surface area contributed by atoms with Gasteiger partial charge < -0.3 is 19.7 Å². The number of benzene rings is 1. The molecular formula is C25H27N3O4. The first kappa shape index (κ1) is 20.7. The smallest absolute Gasteiger partial charge is 0.343 e.